The zero-order chi connectivity index (χ0) is 19.9. The molecule has 27 heavy (non-hydrogen) atoms. The Labute approximate surface area is 160 Å². The molecule has 1 atom stereocenters. The van der Waals surface area contributed by atoms with Crippen LogP contribution in [0.1, 0.15) is 49.4 Å². The summed E-state index contributed by atoms with van der Waals surface area (Å²) in [4.78, 5) is 24.3. The highest BCUT2D eigenvalue weighted by atomic mass is 32.2. The maximum atomic E-state index is 12.2. The van der Waals surface area contributed by atoms with Gasteiger partial charge in [0, 0.05) is 12.2 Å². The van der Waals surface area contributed by atoms with Crippen LogP contribution in [0.15, 0.2) is 35.9 Å². The standard InChI is InChI=1S/C19H26N2O5S/c1-14(18(22)20-12-11-15-7-4-3-5-8-15)26-19(23)16-9-6-10-17(13-16)21-27(2,24)25/h6-7,9-10,13-14,21H,3-5,8,11-12H2,1-2H3,(H,20,22). The molecule has 0 fully saturated rings. The van der Waals surface area contributed by atoms with Gasteiger partial charge in [-0.3, -0.25) is 9.52 Å². The summed E-state index contributed by atoms with van der Waals surface area (Å²) >= 11 is 0. The summed E-state index contributed by atoms with van der Waals surface area (Å²) in [5, 5.41) is 2.78. The molecule has 0 aliphatic heterocycles. The molecule has 0 heterocycles. The average Bonchev–Trinajstić information content (AvgIpc) is 2.61. The lowest BCUT2D eigenvalue weighted by atomic mass is 9.97. The number of nitrogens with one attached hydrogen (secondary N) is 2. The van der Waals surface area contributed by atoms with Crippen molar-refractivity contribution in [3.05, 3.63) is 41.5 Å². The van der Waals surface area contributed by atoms with Gasteiger partial charge >= 0.3 is 5.97 Å². The first-order chi connectivity index (χ1) is 12.7. The summed E-state index contributed by atoms with van der Waals surface area (Å²) < 4.78 is 30.0. The number of esters is 1. The fourth-order valence-corrected chi connectivity index (χ4v) is 3.38. The number of hydrogen-bond donors (Lipinski definition) is 2. The predicted molar refractivity (Wildman–Crippen MR) is 104 cm³/mol. The van der Waals surface area contributed by atoms with Gasteiger partial charge in [0.1, 0.15) is 0 Å². The number of anilines is 1. The van der Waals surface area contributed by atoms with Crippen molar-refractivity contribution in [1.82, 2.24) is 5.32 Å². The van der Waals surface area contributed by atoms with E-state index < -0.39 is 22.1 Å². The van der Waals surface area contributed by atoms with Crippen molar-refractivity contribution < 1.29 is 22.7 Å². The molecule has 1 aromatic carbocycles. The number of rotatable bonds is 8. The third-order valence-corrected chi connectivity index (χ3v) is 4.79. The Balaban J connectivity index is 1.84. The Morgan fingerprint density at radius 1 is 1.26 bits per heavy atom. The van der Waals surface area contributed by atoms with Gasteiger partial charge < -0.3 is 10.1 Å². The molecule has 1 unspecified atom stereocenters. The highest BCUT2D eigenvalue weighted by Crippen LogP contribution is 2.19. The van der Waals surface area contributed by atoms with E-state index in [4.69, 9.17) is 4.74 Å². The van der Waals surface area contributed by atoms with Crippen molar-refractivity contribution in [2.45, 2.75) is 45.1 Å². The van der Waals surface area contributed by atoms with E-state index in [1.807, 2.05) is 0 Å². The molecule has 0 saturated heterocycles. The van der Waals surface area contributed by atoms with E-state index >= 15 is 0 Å². The molecule has 7 nitrogen and oxygen atoms in total. The fourth-order valence-electron chi connectivity index (χ4n) is 2.83. The third kappa shape index (κ3) is 7.42. The third-order valence-electron chi connectivity index (χ3n) is 4.18. The lowest BCUT2D eigenvalue weighted by molar-refractivity contribution is -0.129. The molecule has 1 aliphatic carbocycles. The summed E-state index contributed by atoms with van der Waals surface area (Å²) in [7, 11) is -3.45. The van der Waals surface area contributed by atoms with Crippen LogP contribution in [0.3, 0.4) is 0 Å². The van der Waals surface area contributed by atoms with E-state index in [1.54, 1.807) is 0 Å². The average molecular weight is 394 g/mol. The second-order valence-corrected chi connectivity index (χ2v) is 8.40. The highest BCUT2D eigenvalue weighted by molar-refractivity contribution is 7.92. The van der Waals surface area contributed by atoms with Crippen molar-refractivity contribution in [1.29, 1.82) is 0 Å². The Morgan fingerprint density at radius 2 is 2.04 bits per heavy atom. The van der Waals surface area contributed by atoms with E-state index in [9.17, 15) is 18.0 Å². The largest absolute Gasteiger partial charge is 0.449 e. The van der Waals surface area contributed by atoms with Gasteiger partial charge in [0.25, 0.3) is 5.91 Å². The molecule has 0 bridgehead atoms. The second-order valence-electron chi connectivity index (χ2n) is 6.65. The van der Waals surface area contributed by atoms with Crippen LogP contribution in [0.25, 0.3) is 0 Å². The van der Waals surface area contributed by atoms with Crippen LogP contribution >= 0.6 is 0 Å². The molecule has 8 heteroatoms. The van der Waals surface area contributed by atoms with Crippen molar-refractivity contribution >= 4 is 27.6 Å². The minimum atomic E-state index is -3.45. The summed E-state index contributed by atoms with van der Waals surface area (Å²) in [6.45, 7) is 2.02. The smallest absolute Gasteiger partial charge is 0.338 e. The van der Waals surface area contributed by atoms with Gasteiger partial charge in [0.2, 0.25) is 10.0 Å². The van der Waals surface area contributed by atoms with Crippen LogP contribution in [-0.2, 0) is 19.6 Å². The Bertz CT molecular complexity index is 817. The van der Waals surface area contributed by atoms with E-state index in [1.165, 1.54) is 49.6 Å². The molecular formula is C19H26N2O5S. The SMILES string of the molecule is CC(OC(=O)c1cccc(NS(C)(=O)=O)c1)C(=O)NCCC1=CCCCC1. The molecule has 2 N–H and O–H groups in total. The minimum Gasteiger partial charge on any atom is -0.449 e. The first-order valence-electron chi connectivity index (χ1n) is 8.99. The lowest BCUT2D eigenvalue weighted by Crippen LogP contribution is -2.36. The van der Waals surface area contributed by atoms with Gasteiger partial charge in [0.05, 0.1) is 11.8 Å². The van der Waals surface area contributed by atoms with Crippen LogP contribution in [0.5, 0.6) is 0 Å². The van der Waals surface area contributed by atoms with E-state index in [2.05, 4.69) is 16.1 Å². The fraction of sp³-hybridized carbons (Fsp3) is 0.474. The van der Waals surface area contributed by atoms with Gasteiger partial charge in [-0.05, 0) is 57.2 Å². The van der Waals surface area contributed by atoms with Crippen LogP contribution in [0.2, 0.25) is 0 Å². The van der Waals surface area contributed by atoms with Crippen LogP contribution in [0, 0.1) is 0 Å². The summed E-state index contributed by atoms with van der Waals surface area (Å²) in [6.07, 6.45) is 7.73. The normalized spacial score (nSPS) is 15.4. The maximum absolute atomic E-state index is 12.2. The molecule has 0 saturated carbocycles. The Morgan fingerprint density at radius 3 is 2.70 bits per heavy atom. The van der Waals surface area contributed by atoms with Crippen molar-refractivity contribution in [3.63, 3.8) is 0 Å². The molecule has 1 aromatic rings. The highest BCUT2D eigenvalue weighted by Gasteiger charge is 2.19. The van der Waals surface area contributed by atoms with Crippen molar-refractivity contribution in [3.8, 4) is 0 Å². The van der Waals surface area contributed by atoms with Crippen LogP contribution in [-0.4, -0.2) is 39.2 Å². The zero-order valence-electron chi connectivity index (χ0n) is 15.7. The van der Waals surface area contributed by atoms with Gasteiger partial charge in [-0.2, -0.15) is 0 Å². The summed E-state index contributed by atoms with van der Waals surface area (Å²) in [6, 6.07) is 5.92. The molecule has 148 valence electrons. The quantitative estimate of drug-likeness (QED) is 0.521. The van der Waals surface area contributed by atoms with Crippen molar-refractivity contribution in [2.24, 2.45) is 0 Å². The number of sulfonamides is 1. The van der Waals surface area contributed by atoms with Crippen LogP contribution < -0.4 is 10.0 Å². The van der Waals surface area contributed by atoms with Crippen molar-refractivity contribution in [2.75, 3.05) is 17.5 Å². The predicted octanol–water partition coefficient (Wildman–Crippen LogP) is 2.61. The number of carbonyl (C=O) groups excluding carboxylic acids is 2. The lowest BCUT2D eigenvalue weighted by Gasteiger charge is -2.16. The molecular weight excluding hydrogens is 368 g/mol. The number of amides is 1. The number of ether oxygens (including phenoxy) is 1. The van der Waals surface area contributed by atoms with Crippen LogP contribution in [0.4, 0.5) is 5.69 Å². The number of allylic oxidation sites excluding steroid dienone is 1. The minimum absolute atomic E-state index is 0.163. The van der Waals surface area contributed by atoms with Gasteiger partial charge in [0.15, 0.2) is 6.10 Å². The number of carbonyl (C=O) groups is 2. The molecule has 2 rings (SSSR count). The van der Waals surface area contributed by atoms with E-state index in [0.29, 0.717) is 6.54 Å². The van der Waals surface area contributed by atoms with Gasteiger partial charge in [-0.15, -0.1) is 0 Å². The molecule has 0 radical (unpaired) electrons. The molecule has 1 aliphatic rings. The Kier molecular flexibility index (Phi) is 7.41. The first-order valence-corrected chi connectivity index (χ1v) is 10.9. The van der Waals surface area contributed by atoms with E-state index in [-0.39, 0.29) is 17.2 Å². The summed E-state index contributed by atoms with van der Waals surface area (Å²) in [5.74, 6) is -1.05. The maximum Gasteiger partial charge on any atom is 0.338 e. The topological polar surface area (TPSA) is 102 Å². The van der Waals surface area contributed by atoms with Gasteiger partial charge in [-0.25, -0.2) is 13.2 Å². The molecule has 0 aromatic heterocycles. The van der Waals surface area contributed by atoms with E-state index in [0.717, 1.165) is 25.5 Å². The zero-order valence-corrected chi connectivity index (χ0v) is 16.5. The van der Waals surface area contributed by atoms with Gasteiger partial charge in [-0.1, -0.05) is 17.7 Å². The number of benzene rings is 1. The monoisotopic (exact) mass is 394 g/mol. The summed E-state index contributed by atoms with van der Waals surface area (Å²) in [5.41, 5.74) is 1.78. The Hall–Kier alpha value is -2.35. The molecule has 0 spiro atoms. The first kappa shape index (κ1) is 21.0. The number of hydrogen-bond acceptors (Lipinski definition) is 5. The molecule has 1 amide bonds. The second kappa shape index (κ2) is 9.55.